The number of benzene rings is 4. The highest BCUT2D eigenvalue weighted by atomic mass is 16.7. The number of hydroxylamine groups is 2. The number of unbranched alkanes of at least 4 members (excludes halogenated alkanes) is 3. The number of hydrogen-bond donors (Lipinski definition) is 0. The van der Waals surface area contributed by atoms with Gasteiger partial charge in [0.1, 0.15) is 34.0 Å². The lowest BCUT2D eigenvalue weighted by atomic mass is 9.95. The molecule has 3 aliphatic rings. The molecular weight excluding hydrogens is 1030 g/mol. The second kappa shape index (κ2) is 32.0. The van der Waals surface area contributed by atoms with E-state index in [9.17, 15) is 19.2 Å². The van der Waals surface area contributed by atoms with E-state index in [0.29, 0.717) is 36.5 Å². The van der Waals surface area contributed by atoms with E-state index >= 15 is 0 Å². The normalized spacial score (nSPS) is 13.6. The second-order valence-corrected chi connectivity index (χ2v) is 21.8. The fourth-order valence-corrected chi connectivity index (χ4v) is 9.38. The average molecular weight is 1120 g/mol. The standard InChI is InChI=1S/C36H44N3O.C35H41N4O4/c1-7-8-9-12-35(40)13-10-11-28-39(6)34-21-14-29(15-22-34)16-27-36(30-17-23-32(24-18-30)37(2)3)31-19-25-33(26-20-31)38(4)5;1-36(2)29-18-12-27(13-19-29)32(28-14-20-30(21-15-28)37(3)4)22-11-26-9-16-31(17-10-26)38(5)25-7-6-8-35(42)43-39-33(40)23-24-34(39)41/h1,14-27H,8-13,28H2,2-6H3;9-22H,6-8,23-25H2,1-5H3/q2*+1. The Morgan fingerprint density at radius 3 is 1.27 bits per heavy atom. The summed E-state index contributed by atoms with van der Waals surface area (Å²) in [5.74, 6) is 1.46. The van der Waals surface area contributed by atoms with Crippen molar-refractivity contribution in [3.8, 4) is 12.3 Å². The van der Waals surface area contributed by atoms with Crippen LogP contribution in [0.15, 0.2) is 169 Å². The zero-order chi connectivity index (χ0) is 59.8. The van der Waals surface area contributed by atoms with Gasteiger partial charge in [-0.05, 0) is 149 Å². The molecule has 12 nitrogen and oxygen atoms in total. The Labute approximate surface area is 494 Å². The number of allylic oxidation sites excluding steroid dienone is 14. The molecule has 0 N–H and O–H groups in total. The minimum absolute atomic E-state index is 0.0978. The van der Waals surface area contributed by atoms with E-state index in [1.807, 2.05) is 35.2 Å². The molecule has 0 radical (unpaired) electrons. The Morgan fingerprint density at radius 2 is 0.892 bits per heavy atom. The van der Waals surface area contributed by atoms with Crippen LogP contribution in [0.1, 0.15) is 92.9 Å². The SMILES string of the molecule is C#CCCCC(=O)CCCCN(C)c1ccc(/C=C/C(=C2C=CC(=[N+](C)C)C=C2)c2ccc(N(C)C)cc2)cc1.CN(C)c1ccc(C(/C=C/c2ccc(N(C)CCCCC(=O)ON3C(=O)CCC3=O)cc2)=C2C=CC(=[N+](C)C)C=C2)cc1. The van der Waals surface area contributed by atoms with Crippen molar-refractivity contribution in [3.05, 3.63) is 191 Å². The number of ketones is 1. The summed E-state index contributed by atoms with van der Waals surface area (Å²) >= 11 is 0. The zero-order valence-corrected chi connectivity index (χ0v) is 50.6. The van der Waals surface area contributed by atoms with Crippen LogP contribution in [0.5, 0.6) is 0 Å². The molecule has 0 spiro atoms. The first kappa shape index (κ1) is 63.4. The average Bonchev–Trinajstić information content (AvgIpc) is 4.04. The lowest BCUT2D eigenvalue weighted by Crippen LogP contribution is -2.32. The van der Waals surface area contributed by atoms with Gasteiger partial charge in [-0.15, -0.1) is 17.4 Å². The summed E-state index contributed by atoms with van der Waals surface area (Å²) < 4.78 is 4.21. The third-order valence-corrected chi connectivity index (χ3v) is 14.6. The van der Waals surface area contributed by atoms with Crippen molar-refractivity contribution in [1.82, 2.24) is 5.06 Å². The molecule has 0 unspecified atom stereocenters. The monoisotopic (exact) mass is 1120 g/mol. The van der Waals surface area contributed by atoms with Gasteiger partial charge in [-0.25, -0.2) is 13.9 Å². The number of imide groups is 1. The summed E-state index contributed by atoms with van der Waals surface area (Å²) in [6, 6.07) is 34.4. The van der Waals surface area contributed by atoms with Crippen LogP contribution in [-0.4, -0.2) is 133 Å². The lowest BCUT2D eigenvalue weighted by Gasteiger charge is -2.19. The first-order chi connectivity index (χ1) is 39.9. The Hall–Kier alpha value is -8.82. The Balaban J connectivity index is 0.000000267. The van der Waals surface area contributed by atoms with Crippen molar-refractivity contribution < 1.29 is 33.2 Å². The molecule has 1 heterocycles. The fraction of sp³-hybridized carbons (Fsp3) is 0.324. The summed E-state index contributed by atoms with van der Waals surface area (Å²) in [6.45, 7) is 1.69. The maximum atomic E-state index is 12.0. The van der Waals surface area contributed by atoms with Crippen molar-refractivity contribution in [2.45, 2.75) is 70.6 Å². The highest BCUT2D eigenvalue weighted by molar-refractivity contribution is 6.05. The van der Waals surface area contributed by atoms with Gasteiger partial charge in [-0.2, -0.15) is 0 Å². The first-order valence-electron chi connectivity index (χ1n) is 28.8. The van der Waals surface area contributed by atoms with Crippen molar-refractivity contribution in [1.29, 1.82) is 0 Å². The number of Topliss-reactive ketones (excluding diaryl/α,β-unsaturated/α-hetero) is 1. The minimum atomic E-state index is -0.555. The molecule has 432 valence electrons. The van der Waals surface area contributed by atoms with Crippen molar-refractivity contribution >= 4 is 81.0 Å². The summed E-state index contributed by atoms with van der Waals surface area (Å²) in [5.41, 5.74) is 16.2. The number of rotatable bonds is 24. The molecule has 12 heteroatoms. The summed E-state index contributed by atoms with van der Waals surface area (Å²) in [4.78, 5) is 60.7. The molecule has 2 aliphatic carbocycles. The summed E-state index contributed by atoms with van der Waals surface area (Å²) in [7, 11) is 20.5. The topological polar surface area (TPSA) is 99.7 Å². The number of nitrogens with zero attached hydrogens (tertiary/aromatic N) is 7. The molecular formula is C71H85N7O5+2. The van der Waals surface area contributed by atoms with Crippen LogP contribution >= 0.6 is 0 Å². The van der Waals surface area contributed by atoms with Crippen LogP contribution in [0.4, 0.5) is 22.7 Å². The zero-order valence-electron chi connectivity index (χ0n) is 50.6. The smallest absolute Gasteiger partial charge is 0.333 e. The summed E-state index contributed by atoms with van der Waals surface area (Å²) in [5, 5.41) is 0.604. The molecule has 1 aliphatic heterocycles. The Bertz CT molecular complexity index is 3210. The highest BCUT2D eigenvalue weighted by Gasteiger charge is 2.32. The second-order valence-electron chi connectivity index (χ2n) is 21.8. The molecule has 0 bridgehead atoms. The van der Waals surface area contributed by atoms with Crippen molar-refractivity contribution in [2.75, 3.05) is 103 Å². The Morgan fingerprint density at radius 1 is 0.518 bits per heavy atom. The first-order valence-corrected chi connectivity index (χ1v) is 28.8. The molecule has 0 saturated carbocycles. The molecule has 4 aromatic carbocycles. The fourth-order valence-electron chi connectivity index (χ4n) is 9.38. The molecule has 83 heavy (non-hydrogen) atoms. The predicted molar refractivity (Wildman–Crippen MR) is 346 cm³/mol. The molecule has 0 atom stereocenters. The van der Waals surface area contributed by atoms with Crippen molar-refractivity contribution in [3.63, 3.8) is 0 Å². The quantitative estimate of drug-likeness (QED) is 0.0294. The van der Waals surface area contributed by atoms with Gasteiger partial charge in [0.05, 0.1) is 0 Å². The minimum Gasteiger partial charge on any atom is -0.378 e. The van der Waals surface area contributed by atoms with Crippen LogP contribution in [0.25, 0.3) is 23.3 Å². The third-order valence-electron chi connectivity index (χ3n) is 14.6. The van der Waals surface area contributed by atoms with E-state index in [-0.39, 0.29) is 19.3 Å². The molecule has 1 fully saturated rings. The van der Waals surface area contributed by atoms with Gasteiger partial charge in [0.25, 0.3) is 11.8 Å². The van der Waals surface area contributed by atoms with Crippen LogP contribution in [-0.2, 0) is 24.0 Å². The predicted octanol–water partition coefficient (Wildman–Crippen LogP) is 12.3. The number of amides is 2. The number of terminal acetylenes is 1. The number of carbonyl (C=O) groups excluding carboxylic acids is 4. The van der Waals surface area contributed by atoms with Gasteiger partial charge < -0.3 is 24.4 Å². The van der Waals surface area contributed by atoms with Gasteiger partial charge >= 0.3 is 5.97 Å². The largest absolute Gasteiger partial charge is 0.378 e. The molecule has 1 saturated heterocycles. The highest BCUT2D eigenvalue weighted by Crippen LogP contribution is 2.30. The number of anilines is 4. The Kier molecular flexibility index (Phi) is 24.4. The van der Waals surface area contributed by atoms with E-state index in [4.69, 9.17) is 11.3 Å². The van der Waals surface area contributed by atoms with E-state index in [0.717, 1.165) is 83.7 Å². The van der Waals surface area contributed by atoms with Gasteiger partial charge in [0.15, 0.2) is 11.4 Å². The van der Waals surface area contributed by atoms with Gasteiger partial charge in [0, 0.05) is 141 Å². The molecule has 7 rings (SSSR count). The van der Waals surface area contributed by atoms with Crippen LogP contribution in [0.2, 0.25) is 0 Å². The lowest BCUT2D eigenvalue weighted by molar-refractivity contribution is -0.462. The number of carbonyl (C=O) groups is 4. The molecule has 2 amide bonds. The number of hydrogen-bond acceptors (Lipinski definition) is 9. The van der Waals surface area contributed by atoms with Crippen molar-refractivity contribution in [2.24, 2.45) is 0 Å². The maximum Gasteiger partial charge on any atom is 0.333 e. The van der Waals surface area contributed by atoms with Gasteiger partial charge in [-0.1, -0.05) is 72.8 Å². The van der Waals surface area contributed by atoms with Crippen LogP contribution in [0, 0.1) is 12.3 Å². The molecule has 4 aromatic rings. The maximum absolute atomic E-state index is 12.0. The van der Waals surface area contributed by atoms with Crippen LogP contribution in [0.3, 0.4) is 0 Å². The van der Waals surface area contributed by atoms with E-state index in [2.05, 4.69) is 240 Å². The third kappa shape index (κ3) is 19.7. The van der Waals surface area contributed by atoms with E-state index in [1.54, 1.807) is 0 Å². The van der Waals surface area contributed by atoms with Crippen LogP contribution < -0.4 is 19.6 Å². The molecule has 0 aromatic heterocycles. The van der Waals surface area contributed by atoms with E-state index in [1.165, 1.54) is 33.8 Å². The summed E-state index contributed by atoms with van der Waals surface area (Å²) in [6.07, 6.45) is 37.7. The van der Waals surface area contributed by atoms with Gasteiger partial charge in [-0.3, -0.25) is 14.4 Å². The van der Waals surface area contributed by atoms with E-state index < -0.39 is 17.8 Å². The van der Waals surface area contributed by atoms with Gasteiger partial charge in [0.2, 0.25) is 0 Å².